The molecule has 0 saturated carbocycles. The van der Waals surface area contributed by atoms with E-state index >= 15 is 0 Å². The van der Waals surface area contributed by atoms with Crippen molar-refractivity contribution in [2.24, 2.45) is 0 Å². The molecule has 0 saturated heterocycles. The van der Waals surface area contributed by atoms with Gasteiger partial charge in [-0.3, -0.25) is 0 Å². The third kappa shape index (κ3) is 5.61. The molecule has 7 rings (SSSR count). The molecule has 1 aliphatic heterocycles. The highest BCUT2D eigenvalue weighted by molar-refractivity contribution is 6.11. The average molecular weight is 613 g/mol. The van der Waals surface area contributed by atoms with Crippen LogP contribution in [0.3, 0.4) is 0 Å². The third-order valence-electron chi connectivity index (χ3n) is 8.31. The van der Waals surface area contributed by atoms with Gasteiger partial charge in [0, 0.05) is 11.1 Å². The molecule has 0 radical (unpaired) electrons. The number of benzene rings is 6. The minimum atomic E-state index is 0.102. The third-order valence-corrected chi connectivity index (χ3v) is 8.31. The molecule has 47 heavy (non-hydrogen) atoms. The Bertz CT molecular complexity index is 2140. The van der Waals surface area contributed by atoms with Crippen LogP contribution < -0.4 is 18.9 Å². The fourth-order valence-corrected chi connectivity index (χ4v) is 5.95. The molecule has 6 aromatic carbocycles. The molecular weight excluding hydrogens is 584 g/mol. The van der Waals surface area contributed by atoms with Crippen molar-refractivity contribution in [1.29, 1.82) is 0 Å². The Labute approximate surface area is 273 Å². The Kier molecular flexibility index (Phi) is 7.76. The summed E-state index contributed by atoms with van der Waals surface area (Å²) in [5.41, 5.74) is 6.52. The first-order valence-corrected chi connectivity index (χ1v) is 14.9. The topological polar surface area (TPSA) is 45.6 Å². The van der Waals surface area contributed by atoms with E-state index in [-0.39, 0.29) is 6.79 Å². The van der Waals surface area contributed by atoms with E-state index in [1.54, 1.807) is 14.2 Å². The number of hydrogen-bond acceptors (Lipinski definition) is 4. The quantitative estimate of drug-likeness (QED) is 0.139. The van der Waals surface area contributed by atoms with Crippen LogP contribution in [0.25, 0.3) is 65.9 Å². The number of hydrogen-bond donors (Lipinski definition) is 0. The molecular formula is C41H28N2O4. The first-order chi connectivity index (χ1) is 23.1. The highest BCUT2D eigenvalue weighted by Gasteiger charge is 2.22. The number of rotatable bonds is 6. The second-order valence-electron chi connectivity index (χ2n) is 11.0. The van der Waals surface area contributed by atoms with E-state index in [1.807, 2.05) is 97.1 Å². The summed E-state index contributed by atoms with van der Waals surface area (Å²) < 4.78 is 22.7. The van der Waals surface area contributed by atoms with E-state index in [1.165, 1.54) is 0 Å². The van der Waals surface area contributed by atoms with E-state index in [2.05, 4.69) is 34.0 Å². The van der Waals surface area contributed by atoms with Gasteiger partial charge in [-0.25, -0.2) is 9.69 Å². The van der Waals surface area contributed by atoms with Gasteiger partial charge in [-0.2, -0.15) is 0 Å². The van der Waals surface area contributed by atoms with Crippen molar-refractivity contribution >= 4 is 45.1 Å². The standard InChI is InChI=1S/C41H28N2O4/c1-42-36(28-7-13-32(44-3)14-8-28)23-26-5-17-34-30(21-26)11-19-38-40(34)41-35-18-6-27(22-31(35)12-20-39(41)47-25-46-38)24-37(43-2)29-9-15-33(45-4)16-10-29/h5-24H,25H2,3-4H3/b36-23+,37-24+. The van der Waals surface area contributed by atoms with Gasteiger partial charge in [0.1, 0.15) is 23.0 Å². The maximum atomic E-state index is 7.81. The van der Waals surface area contributed by atoms with Crippen LogP contribution in [0.1, 0.15) is 22.3 Å². The second kappa shape index (κ2) is 12.5. The van der Waals surface area contributed by atoms with Gasteiger partial charge in [0.25, 0.3) is 0 Å². The Morgan fingerprint density at radius 3 is 1.38 bits per heavy atom. The monoisotopic (exact) mass is 612 g/mol. The summed E-state index contributed by atoms with van der Waals surface area (Å²) in [5.74, 6) is 2.98. The zero-order chi connectivity index (χ0) is 32.3. The van der Waals surface area contributed by atoms with Crippen molar-refractivity contribution in [3.63, 3.8) is 0 Å². The molecule has 6 nitrogen and oxygen atoms in total. The molecule has 0 unspecified atom stereocenters. The van der Waals surface area contributed by atoms with Crippen LogP contribution in [-0.4, -0.2) is 21.0 Å². The molecule has 1 heterocycles. The molecule has 0 N–H and O–H groups in total. The lowest BCUT2D eigenvalue weighted by molar-refractivity contribution is 0.125. The SMILES string of the molecule is [C-]#[N+]/C(=C/c1ccc2c3c(ccc2c1)OCOc1ccc2cc(/C=C(/[N+]#[C-])c4ccc(OC)cc4)ccc2c1-3)c1ccc(OC)cc1. The molecule has 1 aliphatic rings. The molecule has 0 aromatic heterocycles. The van der Waals surface area contributed by atoms with Crippen molar-refractivity contribution in [3.05, 3.63) is 154 Å². The molecule has 0 bridgehead atoms. The molecule has 0 spiro atoms. The predicted molar refractivity (Wildman–Crippen MR) is 188 cm³/mol. The minimum absolute atomic E-state index is 0.102. The molecule has 0 amide bonds. The molecule has 6 heteroatoms. The molecule has 6 aromatic rings. The van der Waals surface area contributed by atoms with Crippen molar-refractivity contribution in [2.45, 2.75) is 0 Å². The van der Waals surface area contributed by atoms with Crippen molar-refractivity contribution in [1.82, 2.24) is 0 Å². The lowest BCUT2D eigenvalue weighted by atomic mass is 9.91. The molecule has 0 fully saturated rings. The van der Waals surface area contributed by atoms with Gasteiger partial charge in [-0.1, -0.05) is 60.7 Å². The second-order valence-corrected chi connectivity index (χ2v) is 11.0. The average Bonchev–Trinajstić information content (AvgIpc) is 3.32. The van der Waals surface area contributed by atoms with Crippen LogP contribution in [0.2, 0.25) is 0 Å². The Morgan fingerprint density at radius 2 is 1.00 bits per heavy atom. The minimum Gasteiger partial charge on any atom is -0.497 e. The predicted octanol–water partition coefficient (Wildman–Crippen LogP) is 10.2. The summed E-state index contributed by atoms with van der Waals surface area (Å²) in [6.45, 7) is 15.7. The Balaban J connectivity index is 1.31. The normalized spacial score (nSPS) is 12.5. The molecule has 0 atom stereocenters. The fourth-order valence-electron chi connectivity index (χ4n) is 5.95. The number of nitrogens with zero attached hydrogens (tertiary/aromatic N) is 2. The molecule has 0 aliphatic carbocycles. The summed E-state index contributed by atoms with van der Waals surface area (Å²) in [6, 6.07) is 35.5. The van der Waals surface area contributed by atoms with Crippen molar-refractivity contribution < 1.29 is 18.9 Å². The summed E-state index contributed by atoms with van der Waals surface area (Å²) in [6.07, 6.45) is 3.81. The van der Waals surface area contributed by atoms with Crippen LogP contribution in [0.4, 0.5) is 0 Å². The van der Waals surface area contributed by atoms with E-state index in [0.29, 0.717) is 11.4 Å². The Hall–Kier alpha value is -6.50. The number of methoxy groups -OCH3 is 2. The fraction of sp³-hybridized carbons (Fsp3) is 0.0732. The summed E-state index contributed by atoms with van der Waals surface area (Å²) in [4.78, 5) is 7.60. The number of fused-ring (bicyclic) bond motifs is 7. The van der Waals surface area contributed by atoms with Gasteiger partial charge in [-0.15, -0.1) is 0 Å². The van der Waals surface area contributed by atoms with Gasteiger partial charge < -0.3 is 18.9 Å². The number of ether oxygens (including phenoxy) is 4. The Morgan fingerprint density at radius 1 is 0.574 bits per heavy atom. The van der Waals surface area contributed by atoms with Crippen LogP contribution >= 0.6 is 0 Å². The highest BCUT2D eigenvalue weighted by atomic mass is 16.7. The highest BCUT2D eigenvalue weighted by Crippen LogP contribution is 2.47. The van der Waals surface area contributed by atoms with E-state index < -0.39 is 0 Å². The van der Waals surface area contributed by atoms with E-state index in [9.17, 15) is 0 Å². The first-order valence-electron chi connectivity index (χ1n) is 14.9. The summed E-state index contributed by atoms with van der Waals surface area (Å²) in [5, 5.41) is 4.08. The maximum Gasteiger partial charge on any atom is 0.230 e. The zero-order valence-corrected chi connectivity index (χ0v) is 25.8. The lowest BCUT2D eigenvalue weighted by Gasteiger charge is -2.15. The lowest BCUT2D eigenvalue weighted by Crippen LogP contribution is -2.03. The van der Waals surface area contributed by atoms with Crippen molar-refractivity contribution in [2.75, 3.05) is 21.0 Å². The van der Waals surface area contributed by atoms with Crippen molar-refractivity contribution in [3.8, 4) is 34.1 Å². The van der Waals surface area contributed by atoms with E-state index in [0.717, 1.165) is 77.9 Å². The zero-order valence-electron chi connectivity index (χ0n) is 25.8. The van der Waals surface area contributed by atoms with Gasteiger partial charge in [0.2, 0.25) is 6.79 Å². The maximum absolute atomic E-state index is 7.81. The van der Waals surface area contributed by atoms with E-state index in [4.69, 9.17) is 32.1 Å². The molecule has 226 valence electrons. The largest absolute Gasteiger partial charge is 0.497 e. The van der Waals surface area contributed by atoms with Gasteiger partial charge in [0.15, 0.2) is 11.4 Å². The van der Waals surface area contributed by atoms with Gasteiger partial charge in [-0.05, 0) is 104 Å². The smallest absolute Gasteiger partial charge is 0.230 e. The van der Waals surface area contributed by atoms with Gasteiger partial charge >= 0.3 is 0 Å². The van der Waals surface area contributed by atoms with Crippen LogP contribution in [-0.2, 0) is 0 Å². The van der Waals surface area contributed by atoms with Crippen LogP contribution in [0.15, 0.2) is 109 Å². The van der Waals surface area contributed by atoms with Gasteiger partial charge in [0.05, 0.1) is 27.4 Å². The van der Waals surface area contributed by atoms with Crippen LogP contribution in [0, 0.1) is 13.1 Å². The summed E-state index contributed by atoms with van der Waals surface area (Å²) in [7, 11) is 3.25. The van der Waals surface area contributed by atoms with Crippen LogP contribution in [0.5, 0.6) is 23.0 Å². The first kappa shape index (κ1) is 29.2. The summed E-state index contributed by atoms with van der Waals surface area (Å²) >= 11 is 0.